The molecular weight excluding hydrogens is 658 g/mol. The number of carbonyl (C=O) groups excluding carboxylic acids is 6. The van der Waals surface area contributed by atoms with Crippen LogP contribution in [-0.4, -0.2) is 95.7 Å². The summed E-state index contributed by atoms with van der Waals surface area (Å²) in [6.45, 7) is 13.1. The number of carbonyl (C=O) groups is 7. The standard InChI is InChI=1S/C25H32N4O5.C7H12N2O2.C3H8.CH3NO/c1-16(2)29(18(4)13-24(32)33)23(31)15-26-22(30)14-19-9-11-20(12-10-19)27-25(34)28-21-8-6-5-7-17(21)3;10-6-8-5-7(11)9-3-1-2-4-9;1-3-2;2-1-3/h5-12,16,18H,13-15H2,1-4H3,(H,26,30)(H,32,33)(H2,27,28,34);6H,1-5H2,(H,8,10);3H2,1-2H3;1H,(H2,2,3)/t18-;;;/m1.../s1. The minimum absolute atomic E-state index is 0.0228. The number of para-hydroxylation sites is 1. The summed E-state index contributed by atoms with van der Waals surface area (Å²) in [4.78, 5) is 80.8. The van der Waals surface area contributed by atoms with Crippen LogP contribution in [0.3, 0.4) is 0 Å². The molecule has 1 fully saturated rings. The molecule has 7 N–H and O–H groups in total. The maximum absolute atomic E-state index is 12.5. The van der Waals surface area contributed by atoms with Gasteiger partial charge in [0.2, 0.25) is 30.5 Å². The van der Waals surface area contributed by atoms with Gasteiger partial charge in [-0.1, -0.05) is 50.6 Å². The van der Waals surface area contributed by atoms with Crippen molar-refractivity contribution in [2.75, 3.05) is 36.8 Å². The van der Waals surface area contributed by atoms with Gasteiger partial charge in [0.1, 0.15) is 0 Å². The van der Waals surface area contributed by atoms with Crippen molar-refractivity contribution in [1.82, 2.24) is 20.4 Å². The summed E-state index contributed by atoms with van der Waals surface area (Å²) in [5, 5.41) is 19.5. The molecular formula is C36H55N7O8. The summed E-state index contributed by atoms with van der Waals surface area (Å²) in [6, 6.07) is 13.2. The number of nitrogens with one attached hydrogen (secondary N) is 4. The van der Waals surface area contributed by atoms with E-state index in [1.807, 2.05) is 31.2 Å². The van der Waals surface area contributed by atoms with Gasteiger partial charge in [-0.05, 0) is 69.9 Å². The first-order valence-electron chi connectivity index (χ1n) is 16.9. The van der Waals surface area contributed by atoms with Gasteiger partial charge in [-0.2, -0.15) is 0 Å². The number of urea groups is 1. The summed E-state index contributed by atoms with van der Waals surface area (Å²) in [5.41, 5.74) is 7.13. The Hall–Kier alpha value is -5.47. The monoisotopic (exact) mass is 713 g/mol. The fourth-order valence-corrected chi connectivity index (χ4v) is 4.82. The quantitative estimate of drug-likeness (QED) is 0.169. The van der Waals surface area contributed by atoms with E-state index >= 15 is 0 Å². The lowest BCUT2D eigenvalue weighted by Gasteiger charge is -2.32. The first-order valence-corrected chi connectivity index (χ1v) is 16.9. The van der Waals surface area contributed by atoms with E-state index in [1.165, 1.54) is 11.3 Å². The number of amides is 7. The number of hydrogen-bond donors (Lipinski definition) is 6. The zero-order valence-corrected chi connectivity index (χ0v) is 30.6. The number of hydrogen-bond acceptors (Lipinski definition) is 7. The Morgan fingerprint density at radius 3 is 2.00 bits per heavy atom. The molecule has 0 unspecified atom stereocenters. The van der Waals surface area contributed by atoms with Gasteiger partial charge in [0.05, 0.1) is 25.9 Å². The molecule has 15 heteroatoms. The van der Waals surface area contributed by atoms with Gasteiger partial charge in [0.25, 0.3) is 0 Å². The van der Waals surface area contributed by atoms with E-state index in [4.69, 9.17) is 9.90 Å². The van der Waals surface area contributed by atoms with Crippen LogP contribution in [0.1, 0.15) is 71.4 Å². The number of rotatable bonds is 13. The number of aliphatic carboxylic acids is 1. The Labute approximate surface area is 300 Å². The molecule has 0 bridgehead atoms. The predicted molar refractivity (Wildman–Crippen MR) is 197 cm³/mol. The van der Waals surface area contributed by atoms with Crippen LogP contribution in [0.5, 0.6) is 0 Å². The van der Waals surface area contributed by atoms with E-state index < -0.39 is 12.0 Å². The Kier molecular flexibility index (Phi) is 23.6. The number of benzene rings is 2. The summed E-state index contributed by atoms with van der Waals surface area (Å²) < 4.78 is 0. The maximum Gasteiger partial charge on any atom is 0.323 e. The fourth-order valence-electron chi connectivity index (χ4n) is 4.82. The Balaban J connectivity index is 0.00000121. The highest BCUT2D eigenvalue weighted by atomic mass is 16.4. The zero-order valence-electron chi connectivity index (χ0n) is 30.6. The molecule has 0 spiro atoms. The molecule has 2 aromatic carbocycles. The first-order chi connectivity index (χ1) is 24.2. The lowest BCUT2D eigenvalue weighted by molar-refractivity contribution is -0.142. The number of primary amides is 1. The highest BCUT2D eigenvalue weighted by molar-refractivity contribution is 6.00. The number of aryl methyl sites for hydroxylation is 1. The molecule has 1 aliphatic heterocycles. The van der Waals surface area contributed by atoms with E-state index in [-0.39, 0.29) is 62.1 Å². The number of carboxylic acid groups (broad SMARTS) is 1. The smallest absolute Gasteiger partial charge is 0.323 e. The SMILES string of the molecule is CCC.Cc1ccccc1NC(=O)Nc1ccc(CC(=O)NCC(=O)N(C(C)C)[C@H](C)CC(=O)O)cc1.NC=O.O=CNCC(=O)N1CCCC1. The Morgan fingerprint density at radius 1 is 0.922 bits per heavy atom. The molecule has 15 nitrogen and oxygen atoms in total. The molecule has 1 atom stereocenters. The van der Waals surface area contributed by atoms with Crippen molar-refractivity contribution in [3.05, 3.63) is 59.7 Å². The first kappa shape index (κ1) is 45.5. The molecule has 1 heterocycles. The number of nitrogens with zero attached hydrogens (tertiary/aromatic N) is 2. The van der Waals surface area contributed by atoms with Gasteiger partial charge in [-0.25, -0.2) is 4.79 Å². The van der Waals surface area contributed by atoms with E-state index in [0.717, 1.165) is 42.7 Å². The molecule has 3 rings (SSSR count). The minimum Gasteiger partial charge on any atom is -0.481 e. The summed E-state index contributed by atoms with van der Waals surface area (Å²) >= 11 is 0. The highest BCUT2D eigenvalue weighted by Crippen LogP contribution is 2.15. The minimum atomic E-state index is -0.986. The van der Waals surface area contributed by atoms with E-state index in [2.05, 4.69) is 40.8 Å². The van der Waals surface area contributed by atoms with Crippen molar-refractivity contribution in [2.45, 2.75) is 85.7 Å². The third-order valence-electron chi connectivity index (χ3n) is 6.99. The number of likely N-dealkylation sites (tertiary alicyclic amines) is 1. The van der Waals surface area contributed by atoms with Crippen molar-refractivity contribution in [3.8, 4) is 0 Å². The third kappa shape index (κ3) is 20.0. The van der Waals surface area contributed by atoms with Crippen LogP contribution in [0.15, 0.2) is 48.5 Å². The van der Waals surface area contributed by atoms with Crippen LogP contribution in [0.4, 0.5) is 16.2 Å². The summed E-state index contributed by atoms with van der Waals surface area (Å²) in [5.74, 6) is -1.63. The van der Waals surface area contributed by atoms with Crippen LogP contribution >= 0.6 is 0 Å². The number of nitrogens with two attached hydrogens (primary N) is 1. The lowest BCUT2D eigenvalue weighted by atomic mass is 10.1. The van der Waals surface area contributed by atoms with Gasteiger partial charge >= 0.3 is 12.0 Å². The molecule has 0 radical (unpaired) electrons. The van der Waals surface area contributed by atoms with Crippen molar-refractivity contribution >= 4 is 53.9 Å². The van der Waals surface area contributed by atoms with Crippen molar-refractivity contribution in [3.63, 3.8) is 0 Å². The number of anilines is 2. The number of carboxylic acids is 1. The molecule has 2 aromatic rings. The Morgan fingerprint density at radius 2 is 1.49 bits per heavy atom. The van der Waals surface area contributed by atoms with Crippen molar-refractivity contribution in [1.29, 1.82) is 0 Å². The van der Waals surface area contributed by atoms with Gasteiger partial charge < -0.3 is 41.9 Å². The average Bonchev–Trinajstić information content (AvgIpc) is 3.61. The second kappa shape index (κ2) is 26.4. The topological polar surface area (TPSA) is 220 Å². The van der Waals surface area contributed by atoms with Gasteiger partial charge in [-0.3, -0.25) is 28.8 Å². The van der Waals surface area contributed by atoms with E-state index in [9.17, 15) is 28.8 Å². The Bertz CT molecular complexity index is 1380. The van der Waals surface area contributed by atoms with Gasteiger partial charge in [0.15, 0.2) is 0 Å². The van der Waals surface area contributed by atoms with Gasteiger partial charge in [-0.15, -0.1) is 0 Å². The zero-order chi connectivity index (χ0) is 38.8. The van der Waals surface area contributed by atoms with Crippen molar-refractivity contribution in [2.24, 2.45) is 5.73 Å². The highest BCUT2D eigenvalue weighted by Gasteiger charge is 2.25. The third-order valence-corrected chi connectivity index (χ3v) is 6.99. The second-order valence-corrected chi connectivity index (χ2v) is 11.8. The molecule has 0 saturated carbocycles. The predicted octanol–water partition coefficient (Wildman–Crippen LogP) is 3.27. The van der Waals surface area contributed by atoms with E-state index in [1.54, 1.807) is 49.9 Å². The molecule has 282 valence electrons. The molecule has 1 aliphatic rings. The normalized spacial score (nSPS) is 11.8. The molecule has 51 heavy (non-hydrogen) atoms. The fraction of sp³-hybridized carbons (Fsp3) is 0.472. The lowest BCUT2D eigenvalue weighted by Crippen LogP contribution is -2.48. The van der Waals surface area contributed by atoms with Gasteiger partial charge in [0, 0.05) is 36.5 Å². The van der Waals surface area contributed by atoms with Crippen LogP contribution < -0.4 is 27.0 Å². The van der Waals surface area contributed by atoms with Crippen LogP contribution in [0, 0.1) is 6.92 Å². The molecule has 0 aromatic heterocycles. The second-order valence-electron chi connectivity index (χ2n) is 11.8. The van der Waals surface area contributed by atoms with Crippen LogP contribution in [0.2, 0.25) is 0 Å². The average molecular weight is 714 g/mol. The van der Waals surface area contributed by atoms with E-state index in [0.29, 0.717) is 12.1 Å². The maximum atomic E-state index is 12.5. The van der Waals surface area contributed by atoms with Crippen molar-refractivity contribution < 1.29 is 38.7 Å². The summed E-state index contributed by atoms with van der Waals surface area (Å²) in [7, 11) is 0. The molecule has 7 amide bonds. The molecule has 0 aliphatic carbocycles. The molecule has 1 saturated heterocycles. The van der Waals surface area contributed by atoms with Crippen LogP contribution in [-0.2, 0) is 35.2 Å². The largest absolute Gasteiger partial charge is 0.481 e. The van der Waals surface area contributed by atoms with Crippen LogP contribution in [0.25, 0.3) is 0 Å². The summed E-state index contributed by atoms with van der Waals surface area (Å²) in [6.07, 6.45) is 4.13.